The molecule has 1 aromatic carbocycles. The van der Waals surface area contributed by atoms with Gasteiger partial charge in [-0.2, -0.15) is 5.10 Å². The maximum absolute atomic E-state index is 13.1. The number of benzene rings is 1. The van der Waals surface area contributed by atoms with Crippen molar-refractivity contribution >= 4 is 33.0 Å². The quantitative estimate of drug-likeness (QED) is 0.718. The summed E-state index contributed by atoms with van der Waals surface area (Å²) in [5.41, 5.74) is 2.53. The molecule has 0 spiro atoms. The van der Waals surface area contributed by atoms with E-state index in [1.807, 2.05) is 39.9 Å². The maximum atomic E-state index is 13.1. The molecule has 9 heteroatoms. The summed E-state index contributed by atoms with van der Waals surface area (Å²) in [6.07, 6.45) is 2.74. The first kappa shape index (κ1) is 19.9. The van der Waals surface area contributed by atoms with Gasteiger partial charge in [0.15, 0.2) is 15.5 Å². The van der Waals surface area contributed by atoms with Crippen molar-refractivity contribution in [3.8, 4) is 0 Å². The Morgan fingerprint density at radius 2 is 1.83 bits per heavy atom. The maximum Gasteiger partial charge on any atom is 0.274 e. The van der Waals surface area contributed by atoms with E-state index in [-0.39, 0.29) is 23.5 Å². The van der Waals surface area contributed by atoms with Crippen molar-refractivity contribution in [2.45, 2.75) is 31.2 Å². The van der Waals surface area contributed by atoms with Crippen molar-refractivity contribution in [2.75, 3.05) is 42.6 Å². The van der Waals surface area contributed by atoms with Crippen molar-refractivity contribution in [3.63, 3.8) is 0 Å². The first-order valence-corrected chi connectivity index (χ1v) is 12.7. The number of hydrogen-bond donors (Lipinski definition) is 0. The van der Waals surface area contributed by atoms with Crippen molar-refractivity contribution in [1.82, 2.24) is 14.7 Å². The number of sulfone groups is 1. The van der Waals surface area contributed by atoms with Crippen LogP contribution in [-0.4, -0.2) is 66.7 Å². The molecular formula is C21H25ClN4O3S. The molecule has 3 heterocycles. The third kappa shape index (κ3) is 3.95. The molecule has 1 unspecified atom stereocenters. The molecule has 7 nitrogen and oxygen atoms in total. The third-order valence-electron chi connectivity index (χ3n) is 6.27. The Kier molecular flexibility index (Phi) is 5.01. The predicted molar refractivity (Wildman–Crippen MR) is 116 cm³/mol. The number of nitrogens with zero attached hydrogens (tertiary/aromatic N) is 4. The van der Waals surface area contributed by atoms with Crippen molar-refractivity contribution in [3.05, 3.63) is 46.7 Å². The van der Waals surface area contributed by atoms with E-state index >= 15 is 0 Å². The number of hydrogen-bond acceptors (Lipinski definition) is 5. The first-order valence-electron chi connectivity index (χ1n) is 10.5. The Balaban J connectivity index is 1.30. The molecule has 3 aliphatic rings. The third-order valence-corrected chi connectivity index (χ3v) is 8.26. The molecule has 1 aromatic heterocycles. The zero-order chi connectivity index (χ0) is 20.9. The van der Waals surface area contributed by atoms with Crippen LogP contribution in [0.2, 0.25) is 5.02 Å². The lowest BCUT2D eigenvalue weighted by atomic mass is 10.2. The van der Waals surface area contributed by atoms with Gasteiger partial charge in [-0.3, -0.25) is 9.48 Å². The van der Waals surface area contributed by atoms with Crippen molar-refractivity contribution in [1.29, 1.82) is 0 Å². The number of piperazine rings is 1. The van der Waals surface area contributed by atoms with Crippen molar-refractivity contribution < 1.29 is 13.2 Å². The van der Waals surface area contributed by atoms with E-state index in [1.54, 1.807) is 0 Å². The smallest absolute Gasteiger partial charge is 0.274 e. The van der Waals surface area contributed by atoms with Gasteiger partial charge >= 0.3 is 0 Å². The predicted octanol–water partition coefficient (Wildman–Crippen LogP) is 2.74. The van der Waals surface area contributed by atoms with Crippen LogP contribution in [-0.2, 0) is 9.84 Å². The summed E-state index contributed by atoms with van der Waals surface area (Å²) >= 11 is 6.10. The van der Waals surface area contributed by atoms with Gasteiger partial charge in [-0.1, -0.05) is 17.7 Å². The monoisotopic (exact) mass is 448 g/mol. The van der Waals surface area contributed by atoms with Gasteiger partial charge in [0.1, 0.15) is 0 Å². The molecule has 30 heavy (non-hydrogen) atoms. The van der Waals surface area contributed by atoms with Crippen LogP contribution in [0.3, 0.4) is 0 Å². The number of aromatic nitrogens is 2. The van der Waals surface area contributed by atoms with Gasteiger partial charge in [-0.25, -0.2) is 8.42 Å². The minimum absolute atomic E-state index is 0.0674. The van der Waals surface area contributed by atoms with E-state index < -0.39 is 9.84 Å². The van der Waals surface area contributed by atoms with Gasteiger partial charge in [0.05, 0.1) is 17.5 Å². The lowest BCUT2D eigenvalue weighted by Crippen LogP contribution is -2.48. The molecular weight excluding hydrogens is 424 g/mol. The number of halogens is 1. The molecule has 5 rings (SSSR count). The van der Waals surface area contributed by atoms with Gasteiger partial charge in [0, 0.05) is 48.5 Å². The topological polar surface area (TPSA) is 75.5 Å². The minimum Gasteiger partial charge on any atom is -0.368 e. The normalized spacial score (nSPS) is 23.7. The Morgan fingerprint density at radius 3 is 2.47 bits per heavy atom. The Hall–Kier alpha value is -2.06. The van der Waals surface area contributed by atoms with Gasteiger partial charge in [-0.05, 0) is 43.5 Å². The van der Waals surface area contributed by atoms with Crippen LogP contribution in [0, 0.1) is 0 Å². The minimum atomic E-state index is -3.00. The summed E-state index contributed by atoms with van der Waals surface area (Å²) in [4.78, 5) is 17.2. The molecule has 1 amide bonds. The van der Waals surface area contributed by atoms with Crippen LogP contribution in [0.25, 0.3) is 0 Å². The lowest BCUT2D eigenvalue weighted by Gasteiger charge is -2.35. The second-order valence-corrected chi connectivity index (χ2v) is 11.2. The highest BCUT2D eigenvalue weighted by Crippen LogP contribution is 2.42. The van der Waals surface area contributed by atoms with Crippen molar-refractivity contribution in [2.24, 2.45) is 0 Å². The molecule has 0 N–H and O–H groups in total. The van der Waals surface area contributed by atoms with E-state index in [0.717, 1.165) is 37.3 Å². The van der Waals surface area contributed by atoms with Gasteiger partial charge in [-0.15, -0.1) is 0 Å². The molecule has 3 fully saturated rings. The Morgan fingerprint density at radius 1 is 1.07 bits per heavy atom. The van der Waals surface area contributed by atoms with Crippen LogP contribution < -0.4 is 4.90 Å². The van der Waals surface area contributed by atoms with Gasteiger partial charge in [0.2, 0.25) is 0 Å². The molecule has 2 saturated heterocycles. The number of carbonyl (C=O) groups is 1. The number of amides is 1. The highest BCUT2D eigenvalue weighted by Gasteiger charge is 2.36. The summed E-state index contributed by atoms with van der Waals surface area (Å²) in [5.74, 6) is 0.667. The fourth-order valence-corrected chi connectivity index (χ4v) is 6.34. The molecule has 2 aromatic rings. The van der Waals surface area contributed by atoms with Crippen LogP contribution in [0.1, 0.15) is 47.4 Å². The molecule has 1 atom stereocenters. The standard InChI is InChI=1S/C21H25ClN4O3S/c22-16-2-1-3-17(12-16)24-7-9-25(10-8-24)21(27)19-13-20(15-4-5-15)26(23-19)18-6-11-30(28,29)14-18/h1-3,12-13,15,18H,4-11,14H2. The largest absolute Gasteiger partial charge is 0.368 e. The van der Waals surface area contributed by atoms with E-state index in [4.69, 9.17) is 11.6 Å². The molecule has 0 bridgehead atoms. The SMILES string of the molecule is O=C(c1cc(C2CC2)n(C2CCS(=O)(=O)C2)n1)N1CCN(c2cccc(Cl)c2)CC1. The van der Waals surface area contributed by atoms with Crippen LogP contribution in [0.15, 0.2) is 30.3 Å². The molecule has 1 saturated carbocycles. The van der Waals surface area contributed by atoms with Crippen LogP contribution >= 0.6 is 11.6 Å². The average Bonchev–Trinajstić information content (AvgIpc) is 3.38. The fourth-order valence-electron chi connectivity index (χ4n) is 4.46. The Labute approximate surface area is 181 Å². The average molecular weight is 449 g/mol. The number of anilines is 1. The summed E-state index contributed by atoms with van der Waals surface area (Å²) in [7, 11) is -3.00. The molecule has 160 valence electrons. The number of carbonyl (C=O) groups excluding carboxylic acids is 1. The van der Waals surface area contributed by atoms with Gasteiger partial charge in [0.25, 0.3) is 5.91 Å². The molecule has 2 aliphatic heterocycles. The second-order valence-electron chi connectivity index (χ2n) is 8.49. The van der Waals surface area contributed by atoms with E-state index in [0.29, 0.717) is 36.1 Å². The summed E-state index contributed by atoms with van der Waals surface area (Å²) in [6.45, 7) is 2.72. The van der Waals surface area contributed by atoms with Gasteiger partial charge < -0.3 is 9.80 Å². The molecule has 0 radical (unpaired) electrons. The summed E-state index contributed by atoms with van der Waals surface area (Å²) in [6, 6.07) is 9.51. The second kappa shape index (κ2) is 7.57. The lowest BCUT2D eigenvalue weighted by molar-refractivity contribution is 0.0739. The van der Waals surface area contributed by atoms with Crippen LogP contribution in [0.5, 0.6) is 0 Å². The fraction of sp³-hybridized carbons (Fsp3) is 0.524. The van der Waals surface area contributed by atoms with E-state index in [1.165, 1.54) is 0 Å². The zero-order valence-corrected chi connectivity index (χ0v) is 18.3. The first-order chi connectivity index (χ1) is 14.4. The highest BCUT2D eigenvalue weighted by atomic mass is 35.5. The number of rotatable bonds is 4. The van der Waals surface area contributed by atoms with E-state index in [2.05, 4.69) is 10.00 Å². The Bertz CT molecular complexity index is 1070. The van der Waals surface area contributed by atoms with E-state index in [9.17, 15) is 13.2 Å². The summed E-state index contributed by atoms with van der Waals surface area (Å²) < 4.78 is 25.7. The highest BCUT2D eigenvalue weighted by molar-refractivity contribution is 7.91. The summed E-state index contributed by atoms with van der Waals surface area (Å²) in [5, 5.41) is 5.32. The van der Waals surface area contributed by atoms with Crippen LogP contribution in [0.4, 0.5) is 5.69 Å². The molecule has 1 aliphatic carbocycles. The zero-order valence-electron chi connectivity index (χ0n) is 16.7.